The summed E-state index contributed by atoms with van der Waals surface area (Å²) in [5.74, 6) is 0. The Kier molecular flexibility index (Phi) is 6.09. The van der Waals surface area contributed by atoms with Crippen LogP contribution in [0.25, 0.3) is 10.9 Å². The summed E-state index contributed by atoms with van der Waals surface area (Å²) in [4.78, 5) is 29.0. The fourth-order valence-electron chi connectivity index (χ4n) is 3.36. The molecule has 1 fully saturated rings. The number of benzene rings is 1. The molecule has 8 heteroatoms. The highest BCUT2D eigenvalue weighted by Crippen LogP contribution is 2.33. The number of piperazine rings is 1. The molecule has 1 aromatic carbocycles. The van der Waals surface area contributed by atoms with Crippen LogP contribution in [-0.4, -0.2) is 59.0 Å². The number of amides is 1. The Morgan fingerprint density at radius 3 is 2.03 bits per heavy atom. The van der Waals surface area contributed by atoms with E-state index in [1.165, 1.54) is 0 Å². The van der Waals surface area contributed by atoms with Crippen LogP contribution in [0.15, 0.2) is 28.9 Å². The molecule has 1 aliphatic heterocycles. The van der Waals surface area contributed by atoms with E-state index in [1.807, 2.05) is 65.9 Å². The van der Waals surface area contributed by atoms with Crippen molar-refractivity contribution in [1.29, 1.82) is 0 Å². The third kappa shape index (κ3) is 5.28. The number of carbonyl (C=O) groups is 2. The van der Waals surface area contributed by atoms with Crippen LogP contribution < -0.4 is 4.90 Å². The average Bonchev–Trinajstić information content (AvgIpc) is 2.97. The Hall–Kier alpha value is -2.22. The molecule has 1 saturated heterocycles. The second-order valence-corrected chi connectivity index (χ2v) is 10.4. The zero-order chi connectivity index (χ0) is 22.3. The van der Waals surface area contributed by atoms with Gasteiger partial charge in [0.1, 0.15) is 11.2 Å². The fourth-order valence-corrected chi connectivity index (χ4v) is 3.72. The number of hydrogen-bond donors (Lipinski definition) is 0. The summed E-state index contributed by atoms with van der Waals surface area (Å²) in [6.45, 7) is 13.6. The largest absolute Gasteiger partial charge is 0.444 e. The maximum atomic E-state index is 12.8. The number of hydrogen-bond acceptors (Lipinski definition) is 5. The minimum Gasteiger partial charge on any atom is -0.444 e. The van der Waals surface area contributed by atoms with E-state index in [4.69, 9.17) is 9.47 Å². The van der Waals surface area contributed by atoms with E-state index in [0.29, 0.717) is 26.2 Å². The van der Waals surface area contributed by atoms with Crippen LogP contribution in [0, 0.1) is 0 Å². The molecule has 2 aromatic rings. The van der Waals surface area contributed by atoms with Gasteiger partial charge in [-0.25, -0.2) is 9.59 Å². The third-order valence-corrected chi connectivity index (χ3v) is 5.10. The number of fused-ring (bicyclic) bond motifs is 1. The fraction of sp³-hybridized carbons (Fsp3) is 0.545. The second-order valence-electron chi connectivity index (χ2n) is 9.48. The first-order valence-electron chi connectivity index (χ1n) is 10.1. The van der Waals surface area contributed by atoms with Crippen molar-refractivity contribution >= 4 is 44.7 Å². The van der Waals surface area contributed by atoms with Crippen LogP contribution in [0.5, 0.6) is 0 Å². The molecule has 0 spiro atoms. The first kappa shape index (κ1) is 22.5. The molecule has 164 valence electrons. The Labute approximate surface area is 186 Å². The highest BCUT2D eigenvalue weighted by Gasteiger charge is 2.28. The highest BCUT2D eigenvalue weighted by molar-refractivity contribution is 9.10. The van der Waals surface area contributed by atoms with Gasteiger partial charge in [0.2, 0.25) is 0 Å². The van der Waals surface area contributed by atoms with E-state index in [1.54, 1.807) is 9.47 Å². The molecule has 0 unspecified atom stereocenters. The Balaban J connectivity index is 1.84. The van der Waals surface area contributed by atoms with Gasteiger partial charge >= 0.3 is 12.2 Å². The van der Waals surface area contributed by atoms with Crippen molar-refractivity contribution < 1.29 is 19.1 Å². The standard InChI is InChI=1S/C22H30BrN3O4/c1-21(2,3)29-19(27)25-11-9-24(10-12-25)18-14-26(20(28)30-22(4,5)6)17-8-7-15(23)13-16(17)18/h7-8,13-14H,9-12H2,1-6H3. The topological polar surface area (TPSA) is 64.0 Å². The lowest BCUT2D eigenvalue weighted by atomic mass is 10.2. The summed E-state index contributed by atoms with van der Waals surface area (Å²) >= 11 is 3.53. The number of rotatable bonds is 1. The molecule has 0 saturated carbocycles. The minimum atomic E-state index is -0.581. The Morgan fingerprint density at radius 2 is 1.47 bits per heavy atom. The molecule has 3 rings (SSSR count). The third-order valence-electron chi connectivity index (χ3n) is 4.61. The summed E-state index contributed by atoms with van der Waals surface area (Å²) in [6.07, 6.45) is 1.13. The van der Waals surface area contributed by atoms with E-state index in [2.05, 4.69) is 20.8 Å². The lowest BCUT2D eigenvalue weighted by Crippen LogP contribution is -2.50. The molecule has 0 aliphatic carbocycles. The van der Waals surface area contributed by atoms with Crippen molar-refractivity contribution in [2.75, 3.05) is 31.1 Å². The van der Waals surface area contributed by atoms with Crippen LogP contribution >= 0.6 is 15.9 Å². The maximum Gasteiger partial charge on any atom is 0.419 e. The SMILES string of the molecule is CC(C)(C)OC(=O)N1CCN(c2cn(C(=O)OC(C)(C)C)c3ccc(Br)cc23)CC1. The van der Waals surface area contributed by atoms with Gasteiger partial charge < -0.3 is 19.3 Å². The van der Waals surface area contributed by atoms with E-state index >= 15 is 0 Å². The van der Waals surface area contributed by atoms with E-state index < -0.39 is 17.3 Å². The number of nitrogens with zero attached hydrogens (tertiary/aromatic N) is 3. The molecule has 7 nitrogen and oxygen atoms in total. The van der Waals surface area contributed by atoms with Gasteiger partial charge in [0, 0.05) is 42.2 Å². The first-order chi connectivity index (χ1) is 13.8. The summed E-state index contributed by atoms with van der Waals surface area (Å²) in [5, 5.41) is 0.959. The van der Waals surface area contributed by atoms with Gasteiger partial charge in [0.15, 0.2) is 0 Å². The molecule has 1 aromatic heterocycles. The quantitative estimate of drug-likeness (QED) is 0.559. The summed E-state index contributed by atoms with van der Waals surface area (Å²) in [6, 6.07) is 5.82. The van der Waals surface area contributed by atoms with Crippen LogP contribution in [0.3, 0.4) is 0 Å². The molecule has 0 bridgehead atoms. The van der Waals surface area contributed by atoms with Crippen LogP contribution in [0.4, 0.5) is 15.3 Å². The predicted octanol–water partition coefficient (Wildman–Crippen LogP) is 5.24. The van der Waals surface area contributed by atoms with Gasteiger partial charge in [-0.3, -0.25) is 4.57 Å². The van der Waals surface area contributed by atoms with E-state index in [-0.39, 0.29) is 6.09 Å². The first-order valence-corrected chi connectivity index (χ1v) is 10.9. The molecule has 0 N–H and O–H groups in total. The molecule has 0 atom stereocenters. The van der Waals surface area contributed by atoms with Crippen molar-refractivity contribution in [2.24, 2.45) is 0 Å². The van der Waals surface area contributed by atoms with Crippen molar-refractivity contribution in [3.8, 4) is 0 Å². The van der Waals surface area contributed by atoms with E-state index in [9.17, 15) is 9.59 Å². The lowest BCUT2D eigenvalue weighted by molar-refractivity contribution is 0.0240. The summed E-state index contributed by atoms with van der Waals surface area (Å²) in [7, 11) is 0. The van der Waals surface area contributed by atoms with Gasteiger partial charge in [-0.15, -0.1) is 0 Å². The number of halogens is 1. The van der Waals surface area contributed by atoms with Gasteiger partial charge in [0.25, 0.3) is 0 Å². The molecule has 1 amide bonds. The van der Waals surface area contributed by atoms with Gasteiger partial charge in [0.05, 0.1) is 11.2 Å². The van der Waals surface area contributed by atoms with Crippen molar-refractivity contribution in [2.45, 2.75) is 52.7 Å². The zero-order valence-corrected chi connectivity index (χ0v) is 20.1. The molecular weight excluding hydrogens is 450 g/mol. The number of carbonyl (C=O) groups excluding carboxylic acids is 2. The van der Waals surface area contributed by atoms with E-state index in [0.717, 1.165) is 21.1 Å². The monoisotopic (exact) mass is 479 g/mol. The molecule has 2 heterocycles. The van der Waals surface area contributed by atoms with Crippen LogP contribution in [0.2, 0.25) is 0 Å². The molecular formula is C22H30BrN3O4. The lowest BCUT2D eigenvalue weighted by Gasteiger charge is -2.36. The van der Waals surface area contributed by atoms with Crippen molar-refractivity contribution in [3.05, 3.63) is 28.9 Å². The molecule has 0 radical (unpaired) electrons. The van der Waals surface area contributed by atoms with Crippen LogP contribution in [-0.2, 0) is 9.47 Å². The number of aromatic nitrogens is 1. The molecule has 1 aliphatic rings. The number of ether oxygens (including phenoxy) is 2. The van der Waals surface area contributed by atoms with Gasteiger partial charge in [-0.05, 0) is 59.7 Å². The summed E-state index contributed by atoms with van der Waals surface area (Å²) in [5.41, 5.74) is 0.641. The number of anilines is 1. The van der Waals surface area contributed by atoms with Gasteiger partial charge in [-0.2, -0.15) is 0 Å². The summed E-state index contributed by atoms with van der Waals surface area (Å²) < 4.78 is 13.6. The van der Waals surface area contributed by atoms with Gasteiger partial charge in [-0.1, -0.05) is 15.9 Å². The smallest absolute Gasteiger partial charge is 0.419 e. The van der Waals surface area contributed by atoms with Crippen molar-refractivity contribution in [1.82, 2.24) is 9.47 Å². The average molecular weight is 480 g/mol. The molecule has 30 heavy (non-hydrogen) atoms. The zero-order valence-electron chi connectivity index (χ0n) is 18.5. The maximum absolute atomic E-state index is 12.8. The normalized spacial score (nSPS) is 15.4. The second kappa shape index (κ2) is 8.13. The van der Waals surface area contributed by atoms with Crippen LogP contribution in [0.1, 0.15) is 41.5 Å². The Morgan fingerprint density at radius 1 is 0.900 bits per heavy atom. The predicted molar refractivity (Wildman–Crippen MR) is 121 cm³/mol. The minimum absolute atomic E-state index is 0.291. The highest BCUT2D eigenvalue weighted by atomic mass is 79.9. The Bertz CT molecular complexity index is 948. The van der Waals surface area contributed by atoms with Crippen molar-refractivity contribution in [3.63, 3.8) is 0 Å².